The van der Waals surface area contributed by atoms with Gasteiger partial charge in [0.25, 0.3) is 0 Å². The predicted molar refractivity (Wildman–Crippen MR) is 101 cm³/mol. The van der Waals surface area contributed by atoms with Gasteiger partial charge in [-0.25, -0.2) is 4.79 Å². The number of nitrogens with zero attached hydrogens (tertiary/aromatic N) is 2. The molecular formula is C20H19N3O3. The van der Waals surface area contributed by atoms with E-state index in [0.29, 0.717) is 41.1 Å². The van der Waals surface area contributed by atoms with Crippen LogP contribution in [0, 0.1) is 0 Å². The third-order valence-corrected chi connectivity index (χ3v) is 4.77. The molecule has 0 aliphatic heterocycles. The van der Waals surface area contributed by atoms with Crippen LogP contribution in [-0.2, 0) is 11.8 Å². The topological polar surface area (TPSA) is 73.2 Å². The zero-order chi connectivity index (χ0) is 18.3. The monoisotopic (exact) mass is 349 g/mol. The van der Waals surface area contributed by atoms with Crippen molar-refractivity contribution in [1.29, 1.82) is 0 Å². The maximum Gasteiger partial charge on any atom is 0.348 e. The standard InChI is InChI=1S/C20H19N3O3/c1-23-15-9-8-14(21-10-5-11-26-2)16-17(15)18(22-20(23)25)12-6-3-4-7-13(12)19(16)24/h3-4,6-9,21H,5,10-11H2,1-2H3. The number of hydrogen-bond acceptors (Lipinski definition) is 5. The first-order chi connectivity index (χ1) is 12.6. The van der Waals surface area contributed by atoms with Gasteiger partial charge in [0.05, 0.1) is 16.8 Å². The molecule has 1 aliphatic carbocycles. The molecule has 2 aromatic carbocycles. The maximum atomic E-state index is 13.2. The minimum absolute atomic E-state index is 0.0478. The first-order valence-corrected chi connectivity index (χ1v) is 8.54. The Kier molecular flexibility index (Phi) is 4.05. The molecule has 0 atom stereocenters. The van der Waals surface area contributed by atoms with Crippen molar-refractivity contribution in [2.45, 2.75) is 6.42 Å². The molecule has 0 bridgehead atoms. The molecule has 0 saturated carbocycles. The largest absolute Gasteiger partial charge is 0.385 e. The Bertz CT molecular complexity index is 1090. The Morgan fingerprint density at radius 2 is 1.88 bits per heavy atom. The summed E-state index contributed by atoms with van der Waals surface area (Å²) in [6.45, 7) is 1.34. The Balaban J connectivity index is 1.98. The fourth-order valence-electron chi connectivity index (χ4n) is 3.48. The van der Waals surface area contributed by atoms with Gasteiger partial charge in [-0.3, -0.25) is 9.36 Å². The fraction of sp³-hybridized carbons (Fsp3) is 0.250. The summed E-state index contributed by atoms with van der Waals surface area (Å²) in [6.07, 6.45) is 0.830. The van der Waals surface area contributed by atoms with E-state index in [1.54, 1.807) is 20.2 Å². The highest BCUT2D eigenvalue weighted by molar-refractivity contribution is 6.27. The summed E-state index contributed by atoms with van der Waals surface area (Å²) in [4.78, 5) is 29.8. The van der Waals surface area contributed by atoms with E-state index < -0.39 is 0 Å². The van der Waals surface area contributed by atoms with Gasteiger partial charge in [0, 0.05) is 49.5 Å². The van der Waals surface area contributed by atoms with Gasteiger partial charge in [0.15, 0.2) is 5.78 Å². The minimum atomic E-state index is -0.330. The third-order valence-electron chi connectivity index (χ3n) is 4.77. The molecule has 1 aliphatic rings. The fourth-order valence-corrected chi connectivity index (χ4v) is 3.48. The number of carbonyl (C=O) groups excluding carboxylic acids is 1. The van der Waals surface area contributed by atoms with Crippen LogP contribution >= 0.6 is 0 Å². The van der Waals surface area contributed by atoms with Gasteiger partial charge in [0.1, 0.15) is 0 Å². The number of benzene rings is 2. The molecule has 0 amide bonds. The molecule has 6 heteroatoms. The lowest BCUT2D eigenvalue weighted by molar-refractivity contribution is 0.104. The maximum absolute atomic E-state index is 13.2. The van der Waals surface area contributed by atoms with Crippen LogP contribution in [0.25, 0.3) is 22.2 Å². The Labute approximate surface area is 150 Å². The van der Waals surface area contributed by atoms with E-state index in [1.165, 1.54) is 4.57 Å². The number of hydrogen-bond donors (Lipinski definition) is 1. The van der Waals surface area contributed by atoms with Crippen molar-refractivity contribution >= 4 is 22.4 Å². The minimum Gasteiger partial charge on any atom is -0.385 e. The van der Waals surface area contributed by atoms with Crippen LogP contribution in [0.4, 0.5) is 5.69 Å². The van der Waals surface area contributed by atoms with Crippen molar-refractivity contribution in [3.63, 3.8) is 0 Å². The van der Waals surface area contributed by atoms with E-state index in [0.717, 1.165) is 17.5 Å². The number of anilines is 1. The van der Waals surface area contributed by atoms with Crippen molar-refractivity contribution < 1.29 is 9.53 Å². The number of nitrogens with one attached hydrogen (secondary N) is 1. The average Bonchev–Trinajstić information content (AvgIpc) is 2.66. The summed E-state index contributed by atoms with van der Waals surface area (Å²) < 4.78 is 6.56. The van der Waals surface area contributed by atoms with Crippen LogP contribution in [0.3, 0.4) is 0 Å². The van der Waals surface area contributed by atoms with Gasteiger partial charge >= 0.3 is 5.69 Å². The van der Waals surface area contributed by atoms with Gasteiger partial charge in [-0.1, -0.05) is 24.3 Å². The van der Waals surface area contributed by atoms with Crippen LogP contribution < -0.4 is 11.0 Å². The molecule has 6 nitrogen and oxygen atoms in total. The predicted octanol–water partition coefficient (Wildman–Crippen LogP) is 2.59. The molecule has 26 heavy (non-hydrogen) atoms. The zero-order valence-electron chi connectivity index (χ0n) is 14.7. The quantitative estimate of drug-likeness (QED) is 0.561. The summed E-state index contributed by atoms with van der Waals surface area (Å²) >= 11 is 0. The van der Waals surface area contributed by atoms with Crippen LogP contribution in [0.5, 0.6) is 0 Å². The number of carbonyl (C=O) groups is 1. The Hall–Kier alpha value is -2.99. The van der Waals surface area contributed by atoms with Crippen molar-refractivity contribution in [3.05, 3.63) is 58.0 Å². The number of ether oxygens (including phenoxy) is 1. The molecule has 0 saturated heterocycles. The van der Waals surface area contributed by atoms with Crippen LogP contribution in [-0.4, -0.2) is 35.6 Å². The normalized spacial score (nSPS) is 12.3. The second-order valence-corrected chi connectivity index (χ2v) is 6.33. The van der Waals surface area contributed by atoms with Crippen molar-refractivity contribution in [3.8, 4) is 11.3 Å². The number of aryl methyl sites for hydroxylation is 1. The van der Waals surface area contributed by atoms with Crippen LogP contribution in [0.15, 0.2) is 41.2 Å². The molecule has 0 unspecified atom stereocenters. The summed E-state index contributed by atoms with van der Waals surface area (Å²) in [5.41, 5.74) is 3.58. The van der Waals surface area contributed by atoms with E-state index in [1.807, 2.05) is 30.3 Å². The van der Waals surface area contributed by atoms with E-state index in [-0.39, 0.29) is 11.5 Å². The molecular weight excluding hydrogens is 330 g/mol. The highest BCUT2D eigenvalue weighted by Crippen LogP contribution is 2.40. The Morgan fingerprint density at radius 3 is 2.65 bits per heavy atom. The first kappa shape index (κ1) is 16.5. The van der Waals surface area contributed by atoms with Gasteiger partial charge < -0.3 is 10.1 Å². The smallest absolute Gasteiger partial charge is 0.348 e. The molecule has 0 fully saturated rings. The highest BCUT2D eigenvalue weighted by Gasteiger charge is 2.29. The van der Waals surface area contributed by atoms with Gasteiger partial charge in [-0.05, 0) is 18.6 Å². The van der Waals surface area contributed by atoms with Crippen molar-refractivity contribution in [2.24, 2.45) is 7.05 Å². The molecule has 1 heterocycles. The molecule has 0 radical (unpaired) electrons. The number of aromatic nitrogens is 2. The Morgan fingerprint density at radius 1 is 1.12 bits per heavy atom. The van der Waals surface area contributed by atoms with Gasteiger partial charge in [-0.15, -0.1) is 0 Å². The van der Waals surface area contributed by atoms with E-state index in [2.05, 4.69) is 10.3 Å². The number of fused-ring (bicyclic) bond motifs is 2. The lowest BCUT2D eigenvalue weighted by Gasteiger charge is -2.22. The van der Waals surface area contributed by atoms with Crippen molar-refractivity contribution in [2.75, 3.05) is 25.6 Å². The molecule has 1 N–H and O–H groups in total. The molecule has 0 spiro atoms. The van der Waals surface area contributed by atoms with Crippen LogP contribution in [0.2, 0.25) is 0 Å². The van der Waals surface area contributed by atoms with Crippen molar-refractivity contribution in [1.82, 2.24) is 9.55 Å². The summed E-state index contributed by atoms with van der Waals surface area (Å²) in [5, 5.41) is 4.06. The molecule has 132 valence electrons. The molecule has 1 aromatic heterocycles. The van der Waals surface area contributed by atoms with Crippen LogP contribution in [0.1, 0.15) is 22.3 Å². The lowest BCUT2D eigenvalue weighted by atomic mass is 9.85. The summed E-state index contributed by atoms with van der Waals surface area (Å²) in [5.74, 6) is -0.0478. The lowest BCUT2D eigenvalue weighted by Crippen LogP contribution is -2.24. The summed E-state index contributed by atoms with van der Waals surface area (Å²) in [7, 11) is 3.34. The number of ketones is 1. The SMILES string of the molecule is COCCCNc1ccc2c3c(nc(=O)n2C)-c2ccccc2C(=O)c13. The second-order valence-electron chi connectivity index (χ2n) is 6.33. The number of methoxy groups -OCH3 is 1. The van der Waals surface area contributed by atoms with E-state index >= 15 is 0 Å². The summed E-state index contributed by atoms with van der Waals surface area (Å²) in [6, 6.07) is 11.0. The molecule has 3 aromatic rings. The number of rotatable bonds is 5. The highest BCUT2D eigenvalue weighted by atomic mass is 16.5. The zero-order valence-corrected chi connectivity index (χ0v) is 14.7. The van der Waals surface area contributed by atoms with E-state index in [9.17, 15) is 9.59 Å². The van der Waals surface area contributed by atoms with E-state index in [4.69, 9.17) is 4.74 Å². The first-order valence-electron chi connectivity index (χ1n) is 8.54. The van der Waals surface area contributed by atoms with Gasteiger partial charge in [0.2, 0.25) is 0 Å². The average molecular weight is 349 g/mol. The third kappa shape index (κ3) is 2.42. The van der Waals surface area contributed by atoms with Gasteiger partial charge in [-0.2, -0.15) is 4.98 Å². The molecule has 4 rings (SSSR count). The second kappa shape index (κ2) is 6.38.